The van der Waals surface area contributed by atoms with Gasteiger partial charge >= 0.3 is 0 Å². The summed E-state index contributed by atoms with van der Waals surface area (Å²) in [4.78, 5) is 0. The van der Waals surface area contributed by atoms with Crippen molar-refractivity contribution in [3.05, 3.63) is 36.0 Å². The maximum atomic E-state index is 9.04. The minimum atomic E-state index is -0.110. The number of rotatable bonds is 3. The molecule has 0 aliphatic carbocycles. The van der Waals surface area contributed by atoms with Crippen LogP contribution >= 0.6 is 0 Å². The average molecular weight is 242 g/mol. The smallest absolute Gasteiger partial charge is 0.0998 e. The lowest BCUT2D eigenvalue weighted by Crippen LogP contribution is -2.21. The normalized spacial score (nSPS) is 11.7. The SMILES string of the molecule is CC(C)(C)OCCn1ccc2c(C#N)cccc21. The average Bonchev–Trinajstić information content (AvgIpc) is 2.71. The Morgan fingerprint density at radius 1 is 1.28 bits per heavy atom. The van der Waals surface area contributed by atoms with Crippen molar-refractivity contribution in [2.45, 2.75) is 32.9 Å². The van der Waals surface area contributed by atoms with Crippen molar-refractivity contribution in [3.63, 3.8) is 0 Å². The lowest BCUT2D eigenvalue weighted by atomic mass is 10.1. The Kier molecular flexibility index (Phi) is 3.40. The van der Waals surface area contributed by atoms with E-state index in [9.17, 15) is 0 Å². The second-order valence-electron chi connectivity index (χ2n) is 5.32. The van der Waals surface area contributed by atoms with Crippen molar-refractivity contribution in [2.24, 2.45) is 0 Å². The molecule has 0 aliphatic rings. The van der Waals surface area contributed by atoms with Gasteiger partial charge in [0, 0.05) is 23.6 Å². The minimum absolute atomic E-state index is 0.110. The fourth-order valence-electron chi connectivity index (χ4n) is 1.97. The van der Waals surface area contributed by atoms with E-state index in [1.54, 1.807) is 0 Å². The molecule has 2 rings (SSSR count). The third-order valence-corrected chi connectivity index (χ3v) is 2.80. The molecule has 1 aromatic carbocycles. The summed E-state index contributed by atoms with van der Waals surface area (Å²) in [6.07, 6.45) is 2.01. The maximum absolute atomic E-state index is 9.04. The van der Waals surface area contributed by atoms with E-state index in [-0.39, 0.29) is 5.60 Å². The van der Waals surface area contributed by atoms with Crippen molar-refractivity contribution < 1.29 is 4.74 Å². The van der Waals surface area contributed by atoms with E-state index in [0.717, 1.165) is 23.0 Å². The number of hydrogen-bond acceptors (Lipinski definition) is 2. The van der Waals surface area contributed by atoms with Gasteiger partial charge in [-0.25, -0.2) is 0 Å². The Hall–Kier alpha value is -1.79. The third kappa shape index (κ3) is 2.72. The first-order valence-corrected chi connectivity index (χ1v) is 6.13. The molecular formula is C15H18N2O. The molecule has 1 aromatic heterocycles. The predicted octanol–water partition coefficient (Wildman–Crippen LogP) is 3.33. The quantitative estimate of drug-likeness (QED) is 0.828. The fourth-order valence-corrected chi connectivity index (χ4v) is 1.97. The summed E-state index contributed by atoms with van der Waals surface area (Å²) in [5, 5.41) is 10.1. The molecule has 94 valence electrons. The summed E-state index contributed by atoms with van der Waals surface area (Å²) in [5.41, 5.74) is 1.70. The highest BCUT2D eigenvalue weighted by molar-refractivity contribution is 5.85. The number of fused-ring (bicyclic) bond motifs is 1. The van der Waals surface area contributed by atoms with Crippen LogP contribution in [0.15, 0.2) is 30.5 Å². The monoisotopic (exact) mass is 242 g/mol. The van der Waals surface area contributed by atoms with E-state index in [0.29, 0.717) is 6.61 Å². The third-order valence-electron chi connectivity index (χ3n) is 2.80. The molecule has 1 heterocycles. The number of hydrogen-bond donors (Lipinski definition) is 0. The topological polar surface area (TPSA) is 38.0 Å². The van der Waals surface area contributed by atoms with Crippen molar-refractivity contribution in [1.29, 1.82) is 5.26 Å². The highest BCUT2D eigenvalue weighted by atomic mass is 16.5. The van der Waals surface area contributed by atoms with Crippen LogP contribution in [0.3, 0.4) is 0 Å². The molecule has 2 aromatic rings. The summed E-state index contributed by atoms with van der Waals surface area (Å²) >= 11 is 0. The van der Waals surface area contributed by atoms with Gasteiger partial charge in [-0.1, -0.05) is 6.07 Å². The highest BCUT2D eigenvalue weighted by Gasteiger charge is 2.10. The summed E-state index contributed by atoms with van der Waals surface area (Å²) < 4.78 is 7.85. The van der Waals surface area contributed by atoms with Crippen molar-refractivity contribution in [1.82, 2.24) is 4.57 Å². The van der Waals surface area contributed by atoms with Crippen LogP contribution in [0.25, 0.3) is 10.9 Å². The summed E-state index contributed by atoms with van der Waals surface area (Å²) in [6, 6.07) is 10.0. The zero-order valence-electron chi connectivity index (χ0n) is 11.1. The van der Waals surface area contributed by atoms with Crippen molar-refractivity contribution in [3.8, 4) is 6.07 Å². The number of nitriles is 1. The molecule has 0 saturated heterocycles. The van der Waals surface area contributed by atoms with E-state index < -0.39 is 0 Å². The van der Waals surface area contributed by atoms with Crippen LogP contribution in [0, 0.1) is 11.3 Å². The van der Waals surface area contributed by atoms with Gasteiger partial charge in [0.25, 0.3) is 0 Å². The maximum Gasteiger partial charge on any atom is 0.0998 e. The Morgan fingerprint density at radius 3 is 2.72 bits per heavy atom. The molecule has 0 spiro atoms. The molecule has 0 radical (unpaired) electrons. The molecule has 0 amide bonds. The van der Waals surface area contributed by atoms with Gasteiger partial charge in [0.1, 0.15) is 0 Å². The van der Waals surface area contributed by atoms with Crippen LogP contribution in [0.5, 0.6) is 0 Å². The number of nitrogens with zero attached hydrogens (tertiary/aromatic N) is 2. The van der Waals surface area contributed by atoms with Crippen LogP contribution in [-0.2, 0) is 11.3 Å². The lowest BCUT2D eigenvalue weighted by Gasteiger charge is -2.19. The molecule has 0 N–H and O–H groups in total. The zero-order chi connectivity index (χ0) is 13.2. The largest absolute Gasteiger partial charge is 0.374 e. The molecule has 3 heteroatoms. The molecule has 0 bridgehead atoms. The summed E-state index contributed by atoms with van der Waals surface area (Å²) in [5.74, 6) is 0. The zero-order valence-corrected chi connectivity index (χ0v) is 11.1. The van der Waals surface area contributed by atoms with E-state index in [4.69, 9.17) is 10.00 Å². The summed E-state index contributed by atoms with van der Waals surface area (Å²) in [7, 11) is 0. The highest BCUT2D eigenvalue weighted by Crippen LogP contribution is 2.19. The number of benzene rings is 1. The Labute approximate surface area is 108 Å². The van der Waals surface area contributed by atoms with Gasteiger partial charge in [0.15, 0.2) is 0 Å². The van der Waals surface area contributed by atoms with Crippen LogP contribution in [0.2, 0.25) is 0 Å². The first-order valence-electron chi connectivity index (χ1n) is 6.13. The second-order valence-corrected chi connectivity index (χ2v) is 5.32. The molecule has 0 unspecified atom stereocenters. The minimum Gasteiger partial charge on any atom is -0.374 e. The van der Waals surface area contributed by atoms with Gasteiger partial charge in [-0.15, -0.1) is 0 Å². The van der Waals surface area contributed by atoms with Crippen molar-refractivity contribution in [2.75, 3.05) is 6.61 Å². The predicted molar refractivity (Wildman–Crippen MR) is 72.4 cm³/mol. The molecule has 0 fully saturated rings. The van der Waals surface area contributed by atoms with Crippen LogP contribution < -0.4 is 0 Å². The van der Waals surface area contributed by atoms with E-state index >= 15 is 0 Å². The standard InChI is InChI=1S/C15H18N2O/c1-15(2,3)18-10-9-17-8-7-13-12(11-16)5-4-6-14(13)17/h4-8H,9-10H2,1-3H3. The van der Waals surface area contributed by atoms with E-state index in [1.807, 2.05) is 30.5 Å². The summed E-state index contributed by atoms with van der Waals surface area (Å²) in [6.45, 7) is 7.62. The van der Waals surface area contributed by atoms with Gasteiger partial charge in [0.2, 0.25) is 0 Å². The first-order chi connectivity index (χ1) is 8.51. The number of ether oxygens (including phenoxy) is 1. The van der Waals surface area contributed by atoms with Gasteiger partial charge in [0.05, 0.1) is 23.8 Å². The molecular weight excluding hydrogens is 224 g/mol. The lowest BCUT2D eigenvalue weighted by molar-refractivity contribution is -0.00644. The van der Waals surface area contributed by atoms with Gasteiger partial charge < -0.3 is 9.30 Å². The van der Waals surface area contributed by atoms with E-state index in [1.165, 1.54) is 0 Å². The molecule has 3 nitrogen and oxygen atoms in total. The van der Waals surface area contributed by atoms with E-state index in [2.05, 4.69) is 31.4 Å². The van der Waals surface area contributed by atoms with Gasteiger partial charge in [-0.3, -0.25) is 0 Å². The van der Waals surface area contributed by atoms with Gasteiger partial charge in [-0.05, 0) is 39.0 Å². The second kappa shape index (κ2) is 4.83. The molecule has 0 saturated carbocycles. The molecule has 0 atom stereocenters. The number of aromatic nitrogens is 1. The van der Waals surface area contributed by atoms with Crippen LogP contribution in [-0.4, -0.2) is 16.8 Å². The fraction of sp³-hybridized carbons (Fsp3) is 0.400. The Balaban J connectivity index is 2.18. The Morgan fingerprint density at radius 2 is 2.06 bits per heavy atom. The molecule has 0 aliphatic heterocycles. The van der Waals surface area contributed by atoms with Crippen LogP contribution in [0.1, 0.15) is 26.3 Å². The van der Waals surface area contributed by atoms with Gasteiger partial charge in [-0.2, -0.15) is 5.26 Å². The first kappa shape index (κ1) is 12.7. The van der Waals surface area contributed by atoms with Crippen molar-refractivity contribution >= 4 is 10.9 Å². The molecule has 18 heavy (non-hydrogen) atoms. The van der Waals surface area contributed by atoms with Crippen LogP contribution in [0.4, 0.5) is 0 Å². The Bertz CT molecular complexity index is 585.